The van der Waals surface area contributed by atoms with Crippen molar-refractivity contribution >= 4 is 19.7 Å². The van der Waals surface area contributed by atoms with E-state index in [1.165, 1.54) is 70.6 Å². The first-order valence-electron chi connectivity index (χ1n) is 26.1. The summed E-state index contributed by atoms with van der Waals surface area (Å²) in [7, 11) is 1.16. The van der Waals surface area contributed by atoms with Crippen LogP contribution in [0.5, 0.6) is 0 Å². The number of amides is 1. The molecule has 0 saturated heterocycles. The summed E-state index contributed by atoms with van der Waals surface area (Å²) in [5, 5.41) is 2.99. The normalized spacial score (nSPS) is 14.4. The molecule has 372 valence electrons. The Hall–Kier alpha value is -2.29. The second-order valence-corrected chi connectivity index (χ2v) is 20.0. The molecule has 3 unspecified atom stereocenters. The van der Waals surface area contributed by atoms with E-state index >= 15 is 0 Å². The smallest absolute Gasteiger partial charge is 0.306 e. The van der Waals surface area contributed by atoms with E-state index in [2.05, 4.69) is 74.7 Å². The van der Waals surface area contributed by atoms with Gasteiger partial charge in [0.2, 0.25) is 5.91 Å². The molecule has 0 aromatic rings. The Bertz CT molecular complexity index is 1290. The third kappa shape index (κ3) is 44.9. The minimum Gasteiger partial charge on any atom is -0.756 e. The maximum absolute atomic E-state index is 13.4. The number of likely N-dealkylation sites (N-methyl/N-ethyl adjacent to an activating group) is 1. The molecular weight excluding hydrogens is 820 g/mol. The van der Waals surface area contributed by atoms with Crippen LogP contribution in [0.3, 0.4) is 0 Å². The molecule has 10 heteroatoms. The van der Waals surface area contributed by atoms with Crippen molar-refractivity contribution < 1.29 is 37.3 Å². The van der Waals surface area contributed by atoms with Crippen molar-refractivity contribution in [2.24, 2.45) is 0 Å². The fourth-order valence-corrected chi connectivity index (χ4v) is 7.83. The van der Waals surface area contributed by atoms with Gasteiger partial charge in [0.25, 0.3) is 7.82 Å². The maximum atomic E-state index is 13.4. The average molecular weight is 919 g/mol. The summed E-state index contributed by atoms with van der Waals surface area (Å²) in [5.41, 5.74) is 0. The van der Waals surface area contributed by atoms with Crippen LogP contribution in [0.25, 0.3) is 0 Å². The third-order valence-electron chi connectivity index (χ3n) is 11.2. The van der Waals surface area contributed by atoms with Gasteiger partial charge in [-0.15, -0.1) is 0 Å². The number of nitrogens with zero attached hydrogens (tertiary/aromatic N) is 1. The number of hydrogen-bond donors (Lipinski definition) is 1. The van der Waals surface area contributed by atoms with E-state index in [0.29, 0.717) is 23.9 Å². The van der Waals surface area contributed by atoms with E-state index in [4.69, 9.17) is 13.8 Å². The predicted octanol–water partition coefficient (Wildman–Crippen LogP) is 14.5. The fraction of sp³-hybridized carbons (Fsp3) is 0.778. The summed E-state index contributed by atoms with van der Waals surface area (Å²) >= 11 is 0. The predicted molar refractivity (Wildman–Crippen MR) is 270 cm³/mol. The number of ether oxygens (including phenoxy) is 1. The van der Waals surface area contributed by atoms with Gasteiger partial charge < -0.3 is 28.5 Å². The number of quaternary nitrogens is 1. The number of rotatable bonds is 46. The maximum Gasteiger partial charge on any atom is 0.306 e. The van der Waals surface area contributed by atoms with Crippen molar-refractivity contribution in [3.05, 3.63) is 60.8 Å². The zero-order valence-corrected chi connectivity index (χ0v) is 43.1. The van der Waals surface area contributed by atoms with Crippen molar-refractivity contribution in [3.63, 3.8) is 0 Å². The summed E-state index contributed by atoms with van der Waals surface area (Å²) in [4.78, 5) is 39.6. The lowest BCUT2D eigenvalue weighted by atomic mass is 10.0. The number of phosphoric ester groups is 1. The number of allylic oxidation sites excluding steroid dienone is 9. The van der Waals surface area contributed by atoms with Gasteiger partial charge in [0.15, 0.2) is 0 Å². The van der Waals surface area contributed by atoms with E-state index in [-0.39, 0.29) is 31.3 Å². The van der Waals surface area contributed by atoms with Crippen LogP contribution in [-0.4, -0.2) is 69.4 Å². The number of esters is 1. The Kier molecular flexibility index (Phi) is 42.9. The SMILES string of the molecule is CC/C=C/C/C=C/C/C=C/CCCCCCC(=O)NC(COP(=O)([O-])OCC[N+](C)(C)C)C(/C=C/CCCCCCCCCCCCC)OC(=O)CCCCCCC/C=C\CCCC. The third-order valence-corrected chi connectivity index (χ3v) is 12.1. The molecule has 0 bridgehead atoms. The molecular formula is C54H99N2O7P. The molecule has 0 radical (unpaired) electrons. The highest BCUT2D eigenvalue weighted by atomic mass is 31.2. The Morgan fingerprint density at radius 2 is 1.02 bits per heavy atom. The average Bonchev–Trinajstić information content (AvgIpc) is 3.25. The van der Waals surface area contributed by atoms with E-state index in [9.17, 15) is 19.0 Å². The monoisotopic (exact) mass is 919 g/mol. The van der Waals surface area contributed by atoms with Gasteiger partial charge in [-0.05, 0) is 83.1 Å². The summed E-state index contributed by atoms with van der Waals surface area (Å²) in [6, 6.07) is -0.901. The Balaban J connectivity index is 5.49. The Morgan fingerprint density at radius 1 is 0.562 bits per heavy atom. The quantitative estimate of drug-likeness (QED) is 0.0213. The van der Waals surface area contributed by atoms with E-state index in [0.717, 1.165) is 103 Å². The van der Waals surface area contributed by atoms with Gasteiger partial charge in [-0.1, -0.05) is 185 Å². The van der Waals surface area contributed by atoms with E-state index in [1.807, 2.05) is 33.3 Å². The van der Waals surface area contributed by atoms with Crippen LogP contribution in [0.15, 0.2) is 60.8 Å². The van der Waals surface area contributed by atoms with Gasteiger partial charge in [0.05, 0.1) is 33.8 Å². The van der Waals surface area contributed by atoms with Gasteiger partial charge in [-0.25, -0.2) is 0 Å². The molecule has 0 heterocycles. The van der Waals surface area contributed by atoms with Crippen LogP contribution in [0.1, 0.15) is 220 Å². The van der Waals surface area contributed by atoms with Gasteiger partial charge >= 0.3 is 5.97 Å². The number of nitrogens with one attached hydrogen (secondary N) is 1. The van der Waals surface area contributed by atoms with E-state index < -0.39 is 26.6 Å². The molecule has 0 spiro atoms. The van der Waals surface area contributed by atoms with Crippen LogP contribution in [0, 0.1) is 0 Å². The zero-order chi connectivity index (χ0) is 47.3. The molecule has 1 amide bonds. The summed E-state index contributed by atoms with van der Waals surface area (Å²) < 4.78 is 30.1. The highest BCUT2D eigenvalue weighted by Crippen LogP contribution is 2.38. The number of phosphoric acid groups is 1. The van der Waals surface area contributed by atoms with Crippen molar-refractivity contribution in [3.8, 4) is 0 Å². The molecule has 0 aliphatic heterocycles. The number of carbonyl (C=O) groups excluding carboxylic acids is 2. The second kappa shape index (κ2) is 44.5. The van der Waals surface area contributed by atoms with E-state index in [1.54, 1.807) is 0 Å². The molecule has 0 aliphatic rings. The highest BCUT2D eigenvalue weighted by Gasteiger charge is 2.27. The molecule has 0 fully saturated rings. The first-order chi connectivity index (χ1) is 30.9. The second-order valence-electron chi connectivity index (χ2n) is 18.6. The molecule has 3 atom stereocenters. The lowest BCUT2D eigenvalue weighted by molar-refractivity contribution is -0.870. The molecule has 0 aromatic heterocycles. The van der Waals surface area contributed by atoms with Gasteiger partial charge in [-0.3, -0.25) is 14.2 Å². The number of hydrogen-bond acceptors (Lipinski definition) is 7. The van der Waals surface area contributed by atoms with Crippen LogP contribution in [-0.2, 0) is 27.9 Å². The molecule has 1 N–H and O–H groups in total. The van der Waals surface area contributed by atoms with Crippen LogP contribution in [0.4, 0.5) is 0 Å². The summed E-state index contributed by atoms with van der Waals surface area (Å²) in [6.07, 6.45) is 53.3. The molecule has 0 aromatic carbocycles. The van der Waals surface area contributed by atoms with Crippen molar-refractivity contribution in [2.75, 3.05) is 40.9 Å². The first-order valence-corrected chi connectivity index (χ1v) is 27.6. The van der Waals surface area contributed by atoms with Crippen molar-refractivity contribution in [1.29, 1.82) is 0 Å². The van der Waals surface area contributed by atoms with Gasteiger partial charge in [-0.2, -0.15) is 0 Å². The fourth-order valence-electron chi connectivity index (χ4n) is 7.10. The summed E-state index contributed by atoms with van der Waals surface area (Å²) in [6.45, 7) is 6.65. The van der Waals surface area contributed by atoms with Crippen molar-refractivity contribution in [2.45, 2.75) is 232 Å². The minimum atomic E-state index is -4.70. The highest BCUT2D eigenvalue weighted by molar-refractivity contribution is 7.45. The van der Waals surface area contributed by atoms with Gasteiger partial charge in [0, 0.05) is 12.8 Å². The van der Waals surface area contributed by atoms with Crippen molar-refractivity contribution in [1.82, 2.24) is 5.32 Å². The Labute approximate surface area is 394 Å². The number of unbranched alkanes of at least 4 members (excludes halogenated alkanes) is 22. The summed E-state index contributed by atoms with van der Waals surface area (Å²) in [5.74, 6) is -0.582. The standard InChI is InChI=1S/C54H99N2O7P/c1-7-10-13-16-19-22-25-27-29-32-34-37-40-43-46-53(57)55-51(50-62-64(59,60)61-49-48-56(4,5)6)52(45-42-39-36-33-31-28-26-23-20-17-14-11-8-2)63-54(58)47-44-41-38-35-30-24-21-18-15-12-9-3/h10,13,18-19,21-22,27,29,42,45,51-52H,7-9,11-12,14-17,20,23-26,28,30-41,43-44,46-50H2,1-6H3,(H-,55,57,59,60)/b13-10+,21-18-,22-19+,29-27+,45-42+. The van der Waals surface area contributed by atoms with Crippen LogP contribution < -0.4 is 10.2 Å². The lowest BCUT2D eigenvalue weighted by Gasteiger charge is -2.30. The van der Waals surface area contributed by atoms with Crippen LogP contribution >= 0.6 is 7.82 Å². The molecule has 0 saturated carbocycles. The molecule has 0 aliphatic carbocycles. The molecule has 9 nitrogen and oxygen atoms in total. The van der Waals surface area contributed by atoms with Gasteiger partial charge in [0.1, 0.15) is 19.3 Å². The first kappa shape index (κ1) is 61.7. The number of carbonyl (C=O) groups is 2. The van der Waals surface area contributed by atoms with Crippen LogP contribution in [0.2, 0.25) is 0 Å². The topological polar surface area (TPSA) is 114 Å². The zero-order valence-electron chi connectivity index (χ0n) is 42.2. The molecule has 64 heavy (non-hydrogen) atoms. The lowest BCUT2D eigenvalue weighted by Crippen LogP contribution is -2.47. The molecule has 0 rings (SSSR count). The largest absolute Gasteiger partial charge is 0.756 e. The Morgan fingerprint density at radius 3 is 1.56 bits per heavy atom. The minimum absolute atomic E-state index is 0.0297.